The zero-order valence-corrected chi connectivity index (χ0v) is 20.2. The van der Waals surface area contributed by atoms with Crippen molar-refractivity contribution in [3.63, 3.8) is 0 Å². The van der Waals surface area contributed by atoms with Gasteiger partial charge in [0.25, 0.3) is 0 Å². The minimum atomic E-state index is 0. The summed E-state index contributed by atoms with van der Waals surface area (Å²) in [5.41, 5.74) is 1.22. The van der Waals surface area contributed by atoms with E-state index in [0.29, 0.717) is 12.5 Å². The lowest BCUT2D eigenvalue weighted by Crippen LogP contribution is -2.38. The van der Waals surface area contributed by atoms with Gasteiger partial charge in [-0.1, -0.05) is 20.8 Å². The molecule has 8 heteroatoms. The monoisotopic (exact) mass is 510 g/mol. The Hall–Kier alpha value is -0.450. The van der Waals surface area contributed by atoms with Gasteiger partial charge in [0.2, 0.25) is 0 Å². The Morgan fingerprint density at radius 1 is 1.41 bits per heavy atom. The number of hydrogen-bond donors (Lipinski definition) is 2. The highest BCUT2D eigenvalue weighted by molar-refractivity contribution is 14.0. The van der Waals surface area contributed by atoms with Crippen molar-refractivity contribution in [2.45, 2.75) is 52.5 Å². The highest BCUT2D eigenvalue weighted by atomic mass is 127. The lowest BCUT2D eigenvalue weighted by atomic mass is 9.93. The van der Waals surface area contributed by atoms with Crippen LogP contribution in [0.1, 0.15) is 51.2 Å². The predicted octanol–water partition coefficient (Wildman–Crippen LogP) is 3.56. The summed E-state index contributed by atoms with van der Waals surface area (Å²) in [5.74, 6) is 1.42. The van der Waals surface area contributed by atoms with E-state index in [4.69, 9.17) is 14.5 Å². The first kappa shape index (κ1) is 24.6. The minimum Gasteiger partial charge on any atom is -0.381 e. The maximum absolute atomic E-state index is 5.73. The number of halogens is 1. The molecule has 0 aliphatic carbocycles. The van der Waals surface area contributed by atoms with E-state index >= 15 is 0 Å². The smallest absolute Gasteiger partial charge is 0.191 e. The van der Waals surface area contributed by atoms with E-state index in [9.17, 15) is 0 Å². The molecule has 0 amide bonds. The van der Waals surface area contributed by atoms with Crippen LogP contribution in [0.15, 0.2) is 10.4 Å². The van der Waals surface area contributed by atoms with Crippen LogP contribution in [-0.2, 0) is 21.4 Å². The number of nitrogens with zero attached hydrogens (tertiary/aromatic N) is 2. The summed E-state index contributed by atoms with van der Waals surface area (Å²) >= 11 is 1.68. The topological polar surface area (TPSA) is 67.8 Å². The first-order valence-electron chi connectivity index (χ1n) is 9.61. The van der Waals surface area contributed by atoms with Crippen molar-refractivity contribution in [3.05, 3.63) is 16.1 Å². The van der Waals surface area contributed by atoms with Gasteiger partial charge in [0.1, 0.15) is 5.01 Å². The van der Waals surface area contributed by atoms with Crippen LogP contribution < -0.4 is 10.6 Å². The molecular formula is C19H35IN4O2S. The average molecular weight is 510 g/mol. The summed E-state index contributed by atoms with van der Waals surface area (Å²) in [6.07, 6.45) is 2.09. The van der Waals surface area contributed by atoms with E-state index in [-0.39, 0.29) is 29.4 Å². The van der Waals surface area contributed by atoms with Crippen molar-refractivity contribution >= 4 is 41.3 Å². The molecule has 1 aliphatic heterocycles. The summed E-state index contributed by atoms with van der Waals surface area (Å²) in [6, 6.07) is 0. The Morgan fingerprint density at radius 3 is 2.85 bits per heavy atom. The van der Waals surface area contributed by atoms with Crippen LogP contribution in [0.2, 0.25) is 0 Å². The Balaban J connectivity index is 0.00000364. The predicted molar refractivity (Wildman–Crippen MR) is 123 cm³/mol. The van der Waals surface area contributed by atoms with E-state index < -0.39 is 0 Å². The Bertz CT molecular complexity index is 554. The molecule has 1 atom stereocenters. The molecule has 0 saturated carbocycles. The Morgan fingerprint density at radius 2 is 2.22 bits per heavy atom. The van der Waals surface area contributed by atoms with Gasteiger partial charge in [-0.15, -0.1) is 35.3 Å². The molecule has 2 N–H and O–H groups in total. The van der Waals surface area contributed by atoms with Crippen molar-refractivity contribution < 1.29 is 9.47 Å². The molecule has 27 heavy (non-hydrogen) atoms. The number of nitrogens with one attached hydrogen (secondary N) is 2. The highest BCUT2D eigenvalue weighted by Crippen LogP contribution is 2.24. The van der Waals surface area contributed by atoms with Crippen LogP contribution in [0.5, 0.6) is 0 Å². The zero-order chi connectivity index (χ0) is 18.8. The molecule has 1 aliphatic rings. The van der Waals surface area contributed by atoms with Crippen molar-refractivity contribution in [1.82, 2.24) is 15.6 Å². The molecule has 1 unspecified atom stereocenters. The molecule has 1 saturated heterocycles. The number of aromatic nitrogens is 1. The molecule has 1 aromatic heterocycles. The third-order valence-corrected chi connectivity index (χ3v) is 5.01. The fourth-order valence-electron chi connectivity index (χ4n) is 2.56. The second-order valence-electron chi connectivity index (χ2n) is 7.66. The number of thiazole rings is 1. The third-order valence-electron chi connectivity index (χ3n) is 4.17. The molecule has 1 aromatic rings. The second kappa shape index (κ2) is 12.9. The standard InChI is InChI=1S/C19H34N4O2S.HI/c1-5-20-18(21-8-6-9-24-12-15-7-10-25-13-15)22-11-17-23-16(14-26-17)19(2,3)4;/h14-15H,5-13H2,1-4H3,(H2,20,21,22);1H. The molecule has 0 spiro atoms. The summed E-state index contributed by atoms with van der Waals surface area (Å²) in [6.45, 7) is 14.2. The van der Waals surface area contributed by atoms with Crippen LogP contribution in [0, 0.1) is 5.92 Å². The number of hydrogen-bond acceptors (Lipinski definition) is 5. The maximum Gasteiger partial charge on any atom is 0.191 e. The van der Waals surface area contributed by atoms with Crippen molar-refractivity contribution in [2.75, 3.05) is 39.5 Å². The van der Waals surface area contributed by atoms with Gasteiger partial charge in [-0.3, -0.25) is 0 Å². The van der Waals surface area contributed by atoms with Crippen LogP contribution in [0.25, 0.3) is 0 Å². The van der Waals surface area contributed by atoms with Crippen LogP contribution in [0.3, 0.4) is 0 Å². The second-order valence-corrected chi connectivity index (χ2v) is 8.60. The van der Waals surface area contributed by atoms with Gasteiger partial charge in [0.05, 0.1) is 25.5 Å². The molecule has 2 rings (SSSR count). The van der Waals surface area contributed by atoms with E-state index in [2.05, 4.69) is 48.7 Å². The fourth-order valence-corrected chi connectivity index (χ4v) is 3.51. The molecule has 156 valence electrons. The quantitative estimate of drug-likeness (QED) is 0.230. The van der Waals surface area contributed by atoms with E-state index in [1.54, 1.807) is 11.3 Å². The van der Waals surface area contributed by atoms with Crippen molar-refractivity contribution in [1.29, 1.82) is 0 Å². The van der Waals surface area contributed by atoms with Crippen molar-refractivity contribution in [3.8, 4) is 0 Å². The average Bonchev–Trinajstić information content (AvgIpc) is 3.26. The Labute approximate surface area is 184 Å². The van der Waals surface area contributed by atoms with E-state index in [0.717, 1.165) is 69.0 Å². The molecule has 0 bridgehead atoms. The van der Waals surface area contributed by atoms with Gasteiger partial charge in [0.15, 0.2) is 5.96 Å². The molecule has 6 nitrogen and oxygen atoms in total. The van der Waals surface area contributed by atoms with Crippen molar-refractivity contribution in [2.24, 2.45) is 10.9 Å². The lowest BCUT2D eigenvalue weighted by Gasteiger charge is -2.14. The van der Waals surface area contributed by atoms with Crippen LogP contribution in [0.4, 0.5) is 0 Å². The lowest BCUT2D eigenvalue weighted by molar-refractivity contribution is 0.0888. The van der Waals surface area contributed by atoms with Gasteiger partial charge in [-0.2, -0.15) is 0 Å². The Kier molecular flexibility index (Phi) is 11.7. The van der Waals surface area contributed by atoms with Gasteiger partial charge >= 0.3 is 0 Å². The number of aliphatic imine (C=N–C) groups is 1. The first-order valence-corrected chi connectivity index (χ1v) is 10.5. The normalized spacial score (nSPS) is 17.6. The largest absolute Gasteiger partial charge is 0.381 e. The summed E-state index contributed by atoms with van der Waals surface area (Å²) in [5, 5.41) is 9.84. The number of ether oxygens (including phenoxy) is 2. The van der Waals surface area contributed by atoms with E-state index in [1.165, 1.54) is 0 Å². The summed E-state index contributed by atoms with van der Waals surface area (Å²) < 4.78 is 11.1. The number of guanidine groups is 1. The van der Waals surface area contributed by atoms with Gasteiger partial charge in [-0.25, -0.2) is 9.98 Å². The molecule has 0 aromatic carbocycles. The molecular weight excluding hydrogens is 475 g/mol. The highest BCUT2D eigenvalue weighted by Gasteiger charge is 2.17. The number of rotatable bonds is 9. The molecule has 1 fully saturated rings. The van der Waals surface area contributed by atoms with Gasteiger partial charge in [-0.05, 0) is 19.8 Å². The van der Waals surface area contributed by atoms with E-state index in [1.807, 2.05) is 0 Å². The summed E-state index contributed by atoms with van der Waals surface area (Å²) in [4.78, 5) is 9.34. The summed E-state index contributed by atoms with van der Waals surface area (Å²) in [7, 11) is 0. The molecule has 2 heterocycles. The molecule has 0 radical (unpaired) electrons. The van der Waals surface area contributed by atoms with Gasteiger partial charge < -0.3 is 20.1 Å². The fraction of sp³-hybridized carbons (Fsp3) is 0.789. The maximum atomic E-state index is 5.73. The first-order chi connectivity index (χ1) is 12.5. The minimum absolute atomic E-state index is 0. The SMILES string of the molecule is CCNC(=NCc1nc(C(C)(C)C)cs1)NCCCOCC1CCOC1.I. The zero-order valence-electron chi connectivity index (χ0n) is 17.0. The third kappa shape index (κ3) is 9.54. The van der Waals surface area contributed by atoms with Gasteiger partial charge in [0, 0.05) is 43.0 Å². The van der Waals surface area contributed by atoms with Crippen LogP contribution in [-0.4, -0.2) is 50.5 Å². The van der Waals surface area contributed by atoms with Crippen LogP contribution >= 0.6 is 35.3 Å².